The van der Waals surface area contributed by atoms with Crippen molar-refractivity contribution in [3.05, 3.63) is 41.5 Å². The van der Waals surface area contributed by atoms with E-state index in [1.165, 1.54) is 70.6 Å². The Labute approximate surface area is 245 Å². The van der Waals surface area contributed by atoms with Gasteiger partial charge in [-0.15, -0.1) is 0 Å². The fourth-order valence-corrected chi connectivity index (χ4v) is 5.25. The van der Waals surface area contributed by atoms with E-state index in [0.29, 0.717) is 5.39 Å². The molecule has 0 aliphatic rings. The summed E-state index contributed by atoms with van der Waals surface area (Å²) in [5.74, 6) is 0. The van der Waals surface area contributed by atoms with Crippen molar-refractivity contribution < 1.29 is 64.4 Å². The van der Waals surface area contributed by atoms with Crippen LogP contribution in [-0.2, 0) is 23.0 Å². The summed E-state index contributed by atoms with van der Waals surface area (Å²) in [6, 6.07) is 9.71. The zero-order valence-corrected chi connectivity index (χ0v) is 25.3. The largest absolute Gasteiger partial charge is 1.00 e. The van der Waals surface area contributed by atoms with Crippen LogP contribution in [0.15, 0.2) is 35.2 Å². The average molecular weight is 499 g/mol. The van der Waals surface area contributed by atoms with Crippen LogP contribution in [0.2, 0.25) is 0 Å². The third kappa shape index (κ3) is 12.2. The Kier molecular flexibility index (Phi) is 16.7. The van der Waals surface area contributed by atoms with E-state index in [1.54, 1.807) is 6.07 Å². The summed E-state index contributed by atoms with van der Waals surface area (Å²) >= 11 is 0. The molecule has 0 saturated carbocycles. The molecular formula is C28H43KO3S. The fourth-order valence-electron chi connectivity index (χ4n) is 4.51. The molecule has 0 spiro atoms. The molecule has 0 fully saturated rings. The molecule has 0 radical (unpaired) electrons. The van der Waals surface area contributed by atoms with E-state index in [-0.39, 0.29) is 56.3 Å². The second-order valence-electron chi connectivity index (χ2n) is 9.35. The zero-order chi connectivity index (χ0) is 23.2. The van der Waals surface area contributed by atoms with Gasteiger partial charge in [-0.3, -0.25) is 0 Å². The van der Waals surface area contributed by atoms with Crippen LogP contribution >= 0.6 is 0 Å². The van der Waals surface area contributed by atoms with Crippen LogP contribution < -0.4 is 51.4 Å². The second-order valence-corrected chi connectivity index (χ2v) is 10.7. The first kappa shape index (κ1) is 31.3. The molecule has 0 bridgehead atoms. The van der Waals surface area contributed by atoms with Gasteiger partial charge in [0.25, 0.3) is 0 Å². The molecule has 0 amide bonds. The normalized spacial score (nSPS) is 11.6. The van der Waals surface area contributed by atoms with E-state index in [2.05, 4.69) is 26.0 Å². The van der Waals surface area contributed by atoms with Crippen molar-refractivity contribution in [2.75, 3.05) is 0 Å². The van der Waals surface area contributed by atoms with E-state index in [9.17, 15) is 13.0 Å². The third-order valence-corrected chi connectivity index (χ3v) is 7.32. The van der Waals surface area contributed by atoms with Crippen LogP contribution in [0.3, 0.4) is 0 Å². The number of unbranched alkanes of at least 4 members (excludes halogenated alkanes) is 12. The molecule has 2 rings (SSSR count). The summed E-state index contributed by atoms with van der Waals surface area (Å²) in [6.07, 6.45) is 19.1. The molecule has 180 valence electrons. The average Bonchev–Trinajstić information content (AvgIpc) is 2.76. The fraction of sp³-hybridized carbons (Fsp3) is 0.643. The maximum atomic E-state index is 12.0. The summed E-state index contributed by atoms with van der Waals surface area (Å²) in [6.45, 7) is 4.45. The predicted molar refractivity (Wildman–Crippen MR) is 135 cm³/mol. The third-order valence-electron chi connectivity index (χ3n) is 6.45. The molecule has 2 aromatic rings. The maximum absolute atomic E-state index is 12.0. The van der Waals surface area contributed by atoms with Gasteiger partial charge in [-0.1, -0.05) is 109 Å². The zero-order valence-electron chi connectivity index (χ0n) is 21.3. The first-order valence-electron chi connectivity index (χ1n) is 13.0. The molecule has 0 heterocycles. The van der Waals surface area contributed by atoms with Gasteiger partial charge >= 0.3 is 51.4 Å². The Morgan fingerprint density at radius 3 is 1.64 bits per heavy atom. The molecule has 33 heavy (non-hydrogen) atoms. The van der Waals surface area contributed by atoms with E-state index < -0.39 is 10.1 Å². The monoisotopic (exact) mass is 498 g/mol. The van der Waals surface area contributed by atoms with E-state index in [0.717, 1.165) is 48.6 Å². The van der Waals surface area contributed by atoms with E-state index in [4.69, 9.17) is 0 Å². The van der Waals surface area contributed by atoms with Gasteiger partial charge in [0.05, 0.1) is 4.90 Å². The molecule has 2 aromatic carbocycles. The number of rotatable bonds is 17. The van der Waals surface area contributed by atoms with Crippen molar-refractivity contribution in [2.24, 2.45) is 0 Å². The minimum Gasteiger partial charge on any atom is -0.744 e. The predicted octanol–water partition coefficient (Wildman–Crippen LogP) is 5.33. The molecule has 0 atom stereocenters. The van der Waals surface area contributed by atoms with Crippen LogP contribution in [0.25, 0.3) is 10.8 Å². The first-order valence-corrected chi connectivity index (χ1v) is 14.4. The topological polar surface area (TPSA) is 57.2 Å². The molecule has 0 N–H and O–H groups in total. The van der Waals surface area contributed by atoms with Gasteiger partial charge in [-0.25, -0.2) is 8.42 Å². The maximum Gasteiger partial charge on any atom is 1.00 e. The van der Waals surface area contributed by atoms with Gasteiger partial charge < -0.3 is 4.55 Å². The van der Waals surface area contributed by atoms with Gasteiger partial charge in [-0.2, -0.15) is 0 Å². The second kappa shape index (κ2) is 17.6. The van der Waals surface area contributed by atoms with Crippen molar-refractivity contribution >= 4 is 20.9 Å². The van der Waals surface area contributed by atoms with E-state index >= 15 is 0 Å². The van der Waals surface area contributed by atoms with Crippen LogP contribution in [-0.4, -0.2) is 13.0 Å². The van der Waals surface area contributed by atoms with Gasteiger partial charge in [0.1, 0.15) is 10.1 Å². The van der Waals surface area contributed by atoms with Gasteiger partial charge in [0, 0.05) is 0 Å². The van der Waals surface area contributed by atoms with Gasteiger partial charge in [-0.05, 0) is 59.7 Å². The quantitative estimate of drug-likeness (QED) is 0.168. The Morgan fingerprint density at radius 1 is 0.636 bits per heavy atom. The van der Waals surface area contributed by atoms with Crippen LogP contribution in [0.4, 0.5) is 0 Å². The molecule has 0 unspecified atom stereocenters. The Balaban J connectivity index is 0.00000544. The van der Waals surface area contributed by atoms with Gasteiger partial charge in [0.15, 0.2) is 0 Å². The van der Waals surface area contributed by atoms with Crippen LogP contribution in [0.1, 0.15) is 115 Å². The SMILES string of the molecule is CCCCCCCCCc1cc(S(=O)(=O)[O-])c2cc(CCCCCCCCC)ccc2c1.[K+]. The molecule has 0 saturated heterocycles. The summed E-state index contributed by atoms with van der Waals surface area (Å²) in [5.41, 5.74) is 2.08. The molecule has 0 aliphatic carbocycles. The van der Waals surface area contributed by atoms with E-state index in [1.807, 2.05) is 12.1 Å². The minimum atomic E-state index is -4.50. The van der Waals surface area contributed by atoms with Crippen molar-refractivity contribution in [2.45, 2.75) is 121 Å². The summed E-state index contributed by atoms with van der Waals surface area (Å²) in [4.78, 5) is -0.0469. The summed E-state index contributed by atoms with van der Waals surface area (Å²) in [7, 11) is -4.50. The molecule has 0 aliphatic heterocycles. The smallest absolute Gasteiger partial charge is 0.744 e. The minimum absolute atomic E-state index is 0. The standard InChI is InChI=1S/C28H44O3S.K/c1-3-5-7-9-11-13-15-17-24-19-20-26-21-25(18-16-14-12-10-8-6-4-2)23-28(27(26)22-24)32(29,30)31;/h19-23H,3-18H2,1-2H3,(H,29,30,31);/q;+1/p-1. The van der Waals surface area contributed by atoms with Crippen molar-refractivity contribution in [1.82, 2.24) is 0 Å². The van der Waals surface area contributed by atoms with Crippen molar-refractivity contribution in [3.63, 3.8) is 0 Å². The number of hydrogen-bond donors (Lipinski definition) is 0. The Morgan fingerprint density at radius 2 is 1.12 bits per heavy atom. The molecule has 0 aromatic heterocycles. The molecule has 5 heteroatoms. The van der Waals surface area contributed by atoms with Crippen LogP contribution in [0, 0.1) is 0 Å². The summed E-state index contributed by atoms with van der Waals surface area (Å²) < 4.78 is 36.1. The van der Waals surface area contributed by atoms with Crippen molar-refractivity contribution in [1.29, 1.82) is 0 Å². The Bertz CT molecular complexity index is 909. The first-order chi connectivity index (χ1) is 15.5. The number of aryl methyl sites for hydroxylation is 2. The van der Waals surface area contributed by atoms with Gasteiger partial charge in [0.2, 0.25) is 0 Å². The summed E-state index contributed by atoms with van der Waals surface area (Å²) in [5, 5.41) is 1.45. The van der Waals surface area contributed by atoms with Crippen LogP contribution in [0.5, 0.6) is 0 Å². The molecular weight excluding hydrogens is 455 g/mol. The molecule has 3 nitrogen and oxygen atoms in total. The number of benzene rings is 2. The van der Waals surface area contributed by atoms with Crippen molar-refractivity contribution in [3.8, 4) is 0 Å². The Hall–Kier alpha value is 0.246. The number of hydrogen-bond acceptors (Lipinski definition) is 3. The number of fused-ring (bicyclic) bond motifs is 1.